The molecule has 160 valence electrons. The lowest BCUT2D eigenvalue weighted by Gasteiger charge is -2.16. The molecule has 0 aliphatic heterocycles. The lowest BCUT2D eigenvalue weighted by atomic mass is 9.93. The van der Waals surface area contributed by atoms with Gasteiger partial charge in [0.1, 0.15) is 5.75 Å². The molecule has 31 heavy (non-hydrogen) atoms. The molecule has 0 unspecified atom stereocenters. The summed E-state index contributed by atoms with van der Waals surface area (Å²) in [7, 11) is 0. The third-order valence-electron chi connectivity index (χ3n) is 4.33. The lowest BCUT2D eigenvalue weighted by molar-refractivity contribution is -0.139. The fourth-order valence-corrected chi connectivity index (χ4v) is 3.74. The van der Waals surface area contributed by atoms with Crippen LogP contribution in [0.15, 0.2) is 89.8 Å². The molecule has 0 atom stereocenters. The molecule has 0 saturated heterocycles. The SMILES string of the molecule is O=C(O)COc1ccc(SCC=C(c2ccccc2)c2ccccc2C(F)(F)F)cc1. The molecule has 3 aromatic rings. The highest BCUT2D eigenvalue weighted by atomic mass is 32.2. The maximum Gasteiger partial charge on any atom is 0.417 e. The molecule has 0 aliphatic rings. The Morgan fingerprint density at radius 1 is 0.935 bits per heavy atom. The molecule has 0 spiro atoms. The Bertz CT molecular complexity index is 1050. The first-order chi connectivity index (χ1) is 14.8. The predicted octanol–water partition coefficient (Wildman–Crippen LogP) is 6.39. The lowest BCUT2D eigenvalue weighted by Crippen LogP contribution is -2.09. The molecule has 0 saturated carbocycles. The smallest absolute Gasteiger partial charge is 0.417 e. The number of thioether (sulfide) groups is 1. The van der Waals surface area contributed by atoms with Crippen molar-refractivity contribution in [2.24, 2.45) is 0 Å². The first kappa shape index (κ1) is 22.5. The first-order valence-corrected chi connectivity index (χ1v) is 10.3. The zero-order valence-electron chi connectivity index (χ0n) is 16.3. The van der Waals surface area contributed by atoms with Crippen LogP contribution in [-0.4, -0.2) is 23.4 Å². The van der Waals surface area contributed by atoms with Crippen LogP contribution in [-0.2, 0) is 11.0 Å². The van der Waals surface area contributed by atoms with Gasteiger partial charge in [-0.25, -0.2) is 4.79 Å². The van der Waals surface area contributed by atoms with Crippen LogP contribution in [0.3, 0.4) is 0 Å². The van der Waals surface area contributed by atoms with E-state index in [-0.39, 0.29) is 5.56 Å². The van der Waals surface area contributed by atoms with Gasteiger partial charge in [-0.3, -0.25) is 0 Å². The molecular weight excluding hydrogens is 425 g/mol. The number of hydrogen-bond acceptors (Lipinski definition) is 3. The molecule has 0 radical (unpaired) electrons. The second-order valence-corrected chi connectivity index (χ2v) is 7.59. The summed E-state index contributed by atoms with van der Waals surface area (Å²) in [4.78, 5) is 11.4. The average Bonchev–Trinajstić information content (AvgIpc) is 2.76. The quantitative estimate of drug-likeness (QED) is 0.409. The summed E-state index contributed by atoms with van der Waals surface area (Å²) in [5.74, 6) is -0.173. The van der Waals surface area contributed by atoms with Gasteiger partial charge in [0.05, 0.1) is 5.56 Å². The van der Waals surface area contributed by atoms with Crippen molar-refractivity contribution < 1.29 is 27.8 Å². The summed E-state index contributed by atoms with van der Waals surface area (Å²) in [5, 5.41) is 8.65. The minimum absolute atomic E-state index is 0.138. The van der Waals surface area contributed by atoms with Gasteiger partial charge in [-0.1, -0.05) is 54.6 Å². The van der Waals surface area contributed by atoms with Crippen molar-refractivity contribution in [1.82, 2.24) is 0 Å². The number of carboxylic acid groups (broad SMARTS) is 1. The Morgan fingerprint density at radius 2 is 1.58 bits per heavy atom. The van der Waals surface area contributed by atoms with Crippen molar-refractivity contribution in [3.63, 3.8) is 0 Å². The van der Waals surface area contributed by atoms with Crippen LogP contribution in [0.2, 0.25) is 0 Å². The van der Waals surface area contributed by atoms with Gasteiger partial charge in [0, 0.05) is 10.6 Å². The second-order valence-electron chi connectivity index (χ2n) is 6.49. The zero-order chi connectivity index (χ0) is 22.3. The Morgan fingerprint density at radius 3 is 2.23 bits per heavy atom. The van der Waals surface area contributed by atoms with Gasteiger partial charge in [0.2, 0.25) is 0 Å². The number of carboxylic acids is 1. The number of alkyl halides is 3. The zero-order valence-corrected chi connectivity index (χ0v) is 17.1. The van der Waals surface area contributed by atoms with Gasteiger partial charge in [-0.2, -0.15) is 13.2 Å². The van der Waals surface area contributed by atoms with Crippen LogP contribution in [0.4, 0.5) is 13.2 Å². The molecule has 0 heterocycles. The highest BCUT2D eigenvalue weighted by Crippen LogP contribution is 2.37. The predicted molar refractivity (Wildman–Crippen MR) is 115 cm³/mol. The van der Waals surface area contributed by atoms with E-state index in [1.807, 2.05) is 6.07 Å². The van der Waals surface area contributed by atoms with Gasteiger partial charge < -0.3 is 9.84 Å². The fraction of sp³-hybridized carbons (Fsp3) is 0.125. The molecule has 0 bridgehead atoms. The standard InChI is InChI=1S/C24H19F3O3S/c25-24(26,27)22-9-5-4-8-21(22)20(17-6-2-1-3-7-17)14-15-31-19-12-10-18(11-13-19)30-16-23(28)29/h1-14H,15-16H2,(H,28,29). The highest BCUT2D eigenvalue weighted by molar-refractivity contribution is 7.99. The van der Waals surface area contributed by atoms with Gasteiger partial charge in [-0.05, 0) is 47.0 Å². The van der Waals surface area contributed by atoms with E-state index in [0.717, 1.165) is 11.0 Å². The Hall–Kier alpha value is -3.19. The monoisotopic (exact) mass is 444 g/mol. The third-order valence-corrected chi connectivity index (χ3v) is 5.27. The van der Waals surface area contributed by atoms with Crippen molar-refractivity contribution in [2.45, 2.75) is 11.1 Å². The normalized spacial score (nSPS) is 11.9. The number of ether oxygens (including phenoxy) is 1. The fourth-order valence-electron chi connectivity index (χ4n) is 2.96. The first-order valence-electron chi connectivity index (χ1n) is 9.34. The van der Waals surface area contributed by atoms with Gasteiger partial charge >= 0.3 is 12.1 Å². The number of benzene rings is 3. The van der Waals surface area contributed by atoms with E-state index in [4.69, 9.17) is 9.84 Å². The molecule has 0 amide bonds. The van der Waals surface area contributed by atoms with Crippen molar-refractivity contribution in [3.8, 4) is 5.75 Å². The summed E-state index contributed by atoms with van der Waals surface area (Å²) < 4.78 is 45.8. The Kier molecular flexibility index (Phi) is 7.41. The molecule has 3 rings (SSSR count). The van der Waals surface area contributed by atoms with Crippen LogP contribution < -0.4 is 4.74 Å². The summed E-state index contributed by atoms with van der Waals surface area (Å²) in [6.45, 7) is -0.422. The van der Waals surface area contributed by atoms with E-state index in [1.165, 1.54) is 23.9 Å². The second kappa shape index (κ2) is 10.2. The van der Waals surface area contributed by atoms with Crippen LogP contribution in [0, 0.1) is 0 Å². The van der Waals surface area contributed by atoms with E-state index in [2.05, 4.69) is 0 Å². The van der Waals surface area contributed by atoms with E-state index >= 15 is 0 Å². The van der Waals surface area contributed by atoms with Gasteiger partial charge in [0.25, 0.3) is 0 Å². The summed E-state index contributed by atoms with van der Waals surface area (Å²) in [6.07, 6.45) is -2.66. The van der Waals surface area contributed by atoms with E-state index in [9.17, 15) is 18.0 Å². The van der Waals surface area contributed by atoms with Crippen molar-refractivity contribution >= 4 is 23.3 Å². The van der Waals surface area contributed by atoms with Crippen molar-refractivity contribution in [3.05, 3.63) is 102 Å². The number of aliphatic carboxylic acids is 1. The molecule has 3 nitrogen and oxygen atoms in total. The van der Waals surface area contributed by atoms with Crippen LogP contribution in [0.25, 0.3) is 5.57 Å². The number of halogens is 3. The Labute approximate surface area is 182 Å². The van der Waals surface area contributed by atoms with Gasteiger partial charge in [0.15, 0.2) is 6.61 Å². The maximum absolute atomic E-state index is 13.6. The molecule has 0 aliphatic carbocycles. The third kappa shape index (κ3) is 6.39. The minimum Gasteiger partial charge on any atom is -0.482 e. The average molecular weight is 444 g/mol. The van der Waals surface area contributed by atoms with Gasteiger partial charge in [-0.15, -0.1) is 11.8 Å². The molecule has 0 aromatic heterocycles. The van der Waals surface area contributed by atoms with Crippen LogP contribution in [0.5, 0.6) is 5.75 Å². The number of rotatable bonds is 8. The minimum atomic E-state index is -4.45. The van der Waals surface area contributed by atoms with Crippen molar-refractivity contribution in [1.29, 1.82) is 0 Å². The summed E-state index contributed by atoms with van der Waals surface area (Å²) in [5.41, 5.74) is 0.689. The van der Waals surface area contributed by atoms with E-state index < -0.39 is 24.3 Å². The summed E-state index contributed by atoms with van der Waals surface area (Å²) in [6, 6.07) is 21.4. The van der Waals surface area contributed by atoms with Crippen LogP contribution >= 0.6 is 11.8 Å². The van der Waals surface area contributed by atoms with E-state index in [0.29, 0.717) is 22.6 Å². The highest BCUT2D eigenvalue weighted by Gasteiger charge is 2.33. The van der Waals surface area contributed by atoms with E-state index in [1.54, 1.807) is 60.7 Å². The topological polar surface area (TPSA) is 46.5 Å². The largest absolute Gasteiger partial charge is 0.482 e. The number of hydrogen-bond donors (Lipinski definition) is 1. The molecule has 3 aromatic carbocycles. The van der Waals surface area contributed by atoms with Crippen molar-refractivity contribution in [2.75, 3.05) is 12.4 Å². The maximum atomic E-state index is 13.6. The Balaban J connectivity index is 1.83. The summed E-state index contributed by atoms with van der Waals surface area (Å²) >= 11 is 1.46. The molecule has 7 heteroatoms. The van der Waals surface area contributed by atoms with Crippen LogP contribution in [0.1, 0.15) is 16.7 Å². The number of carbonyl (C=O) groups is 1. The molecule has 1 N–H and O–H groups in total. The molecule has 0 fully saturated rings. The molecular formula is C24H19F3O3S.